The van der Waals surface area contributed by atoms with Crippen molar-refractivity contribution in [2.45, 2.75) is 0 Å². The smallest absolute Gasteiger partial charge is 0.266 e. The van der Waals surface area contributed by atoms with E-state index in [4.69, 9.17) is 9.47 Å². The molecule has 2 aromatic carbocycles. The van der Waals surface area contributed by atoms with E-state index in [0.29, 0.717) is 5.69 Å². The van der Waals surface area contributed by atoms with Gasteiger partial charge in [0.25, 0.3) is 5.56 Å². The van der Waals surface area contributed by atoms with E-state index >= 15 is 0 Å². The summed E-state index contributed by atoms with van der Waals surface area (Å²) in [5.74, 6) is 1.46. The van der Waals surface area contributed by atoms with Crippen molar-refractivity contribution >= 4 is 0 Å². The van der Waals surface area contributed by atoms with Crippen LogP contribution in [0.1, 0.15) is 5.56 Å². The average Bonchev–Trinajstić information content (AvgIpc) is 2.68. The van der Waals surface area contributed by atoms with Gasteiger partial charge >= 0.3 is 0 Å². The Labute approximate surface area is 145 Å². The molecule has 25 heavy (non-hydrogen) atoms. The molecule has 0 fully saturated rings. The molecule has 1 aromatic heterocycles. The van der Waals surface area contributed by atoms with Gasteiger partial charge < -0.3 is 14.5 Å². The summed E-state index contributed by atoms with van der Waals surface area (Å²) in [5.41, 5.74) is 2.78. The topological polar surface area (TPSA) is 75.1 Å². The second-order valence-corrected chi connectivity index (χ2v) is 5.37. The van der Waals surface area contributed by atoms with E-state index in [1.165, 1.54) is 0 Å². The predicted octanol–water partition coefficient (Wildman–Crippen LogP) is 3.60. The van der Waals surface area contributed by atoms with Gasteiger partial charge in [0.15, 0.2) is 0 Å². The lowest BCUT2D eigenvalue weighted by atomic mass is 9.98. The van der Waals surface area contributed by atoms with Crippen molar-refractivity contribution in [3.8, 4) is 40.0 Å². The number of hydrogen-bond donors (Lipinski definition) is 1. The van der Waals surface area contributed by atoms with Crippen LogP contribution in [0.3, 0.4) is 0 Å². The number of rotatable bonds is 4. The number of aromatic amines is 1. The van der Waals surface area contributed by atoms with Crippen LogP contribution in [0.15, 0.2) is 59.4 Å². The molecular weight excluding hydrogens is 316 g/mol. The first-order valence-corrected chi connectivity index (χ1v) is 7.62. The fourth-order valence-electron chi connectivity index (χ4n) is 2.60. The van der Waals surface area contributed by atoms with Crippen molar-refractivity contribution in [1.82, 2.24) is 4.98 Å². The number of nitrogens with zero attached hydrogens (tertiary/aromatic N) is 1. The third kappa shape index (κ3) is 3.24. The lowest BCUT2D eigenvalue weighted by Gasteiger charge is -2.12. The van der Waals surface area contributed by atoms with Gasteiger partial charge in [-0.1, -0.05) is 12.1 Å². The zero-order valence-corrected chi connectivity index (χ0v) is 13.9. The molecule has 0 unspecified atom stereocenters. The minimum absolute atomic E-state index is 0.0723. The molecule has 0 amide bonds. The summed E-state index contributed by atoms with van der Waals surface area (Å²) in [6.07, 6.45) is 0. The molecule has 0 atom stereocenters. The van der Waals surface area contributed by atoms with Crippen molar-refractivity contribution in [2.75, 3.05) is 14.2 Å². The van der Waals surface area contributed by atoms with E-state index in [0.717, 1.165) is 28.2 Å². The molecule has 0 aliphatic rings. The SMILES string of the molecule is COc1ccc(-c2cc(C#N)c(=O)[nH]c2-c2ccc(OC)cc2)cc1. The van der Waals surface area contributed by atoms with Crippen LogP contribution in [-0.2, 0) is 0 Å². The Bertz CT molecular complexity index is 981. The van der Waals surface area contributed by atoms with Gasteiger partial charge in [-0.15, -0.1) is 0 Å². The maximum Gasteiger partial charge on any atom is 0.266 e. The molecule has 5 nitrogen and oxygen atoms in total. The van der Waals surface area contributed by atoms with Crippen molar-refractivity contribution in [3.05, 3.63) is 70.5 Å². The van der Waals surface area contributed by atoms with Crippen molar-refractivity contribution in [2.24, 2.45) is 0 Å². The highest BCUT2D eigenvalue weighted by atomic mass is 16.5. The Morgan fingerprint density at radius 1 is 0.880 bits per heavy atom. The average molecular weight is 332 g/mol. The summed E-state index contributed by atoms with van der Waals surface area (Å²) in [7, 11) is 3.20. The maximum absolute atomic E-state index is 12.1. The number of benzene rings is 2. The van der Waals surface area contributed by atoms with Crippen molar-refractivity contribution in [1.29, 1.82) is 5.26 Å². The van der Waals surface area contributed by atoms with Gasteiger partial charge in [0.05, 0.1) is 19.9 Å². The number of aromatic nitrogens is 1. The van der Waals surface area contributed by atoms with Gasteiger partial charge in [-0.05, 0) is 53.6 Å². The molecule has 0 saturated carbocycles. The number of H-pyrrole nitrogens is 1. The van der Waals surface area contributed by atoms with E-state index in [1.807, 2.05) is 54.6 Å². The molecule has 1 N–H and O–H groups in total. The summed E-state index contributed by atoms with van der Waals surface area (Å²) in [4.78, 5) is 15.0. The lowest BCUT2D eigenvalue weighted by Crippen LogP contribution is -2.11. The highest BCUT2D eigenvalue weighted by Gasteiger charge is 2.13. The van der Waals surface area contributed by atoms with Crippen molar-refractivity contribution < 1.29 is 9.47 Å². The van der Waals surface area contributed by atoms with Crippen LogP contribution in [0, 0.1) is 11.3 Å². The molecule has 0 bridgehead atoms. The standard InChI is InChI=1S/C20H16N2O3/c1-24-16-7-3-13(4-8-16)18-11-15(12-21)20(23)22-19(18)14-5-9-17(25-2)10-6-14/h3-11H,1-2H3,(H,22,23). The zero-order chi connectivity index (χ0) is 17.8. The highest BCUT2D eigenvalue weighted by molar-refractivity contribution is 5.81. The van der Waals surface area contributed by atoms with Gasteiger partial charge in [0, 0.05) is 5.56 Å². The minimum atomic E-state index is -0.412. The van der Waals surface area contributed by atoms with Crippen LogP contribution in [0.4, 0.5) is 0 Å². The van der Waals surface area contributed by atoms with Crippen LogP contribution < -0.4 is 15.0 Å². The minimum Gasteiger partial charge on any atom is -0.497 e. The lowest BCUT2D eigenvalue weighted by molar-refractivity contribution is 0.414. The second kappa shape index (κ2) is 6.93. The van der Waals surface area contributed by atoms with E-state index in [2.05, 4.69) is 4.98 Å². The molecule has 0 aliphatic heterocycles. The number of hydrogen-bond acceptors (Lipinski definition) is 4. The van der Waals surface area contributed by atoms with E-state index in [-0.39, 0.29) is 5.56 Å². The number of methoxy groups -OCH3 is 2. The zero-order valence-electron chi connectivity index (χ0n) is 13.9. The fourth-order valence-corrected chi connectivity index (χ4v) is 2.60. The highest BCUT2D eigenvalue weighted by Crippen LogP contribution is 2.32. The third-order valence-electron chi connectivity index (χ3n) is 3.94. The Kier molecular flexibility index (Phi) is 4.53. The van der Waals surface area contributed by atoms with Crippen LogP contribution in [0.25, 0.3) is 22.4 Å². The quantitative estimate of drug-likeness (QED) is 0.792. The summed E-state index contributed by atoms with van der Waals surface area (Å²) >= 11 is 0. The summed E-state index contributed by atoms with van der Waals surface area (Å²) in [5, 5.41) is 9.20. The fraction of sp³-hybridized carbons (Fsp3) is 0.100. The number of nitrogens with one attached hydrogen (secondary N) is 1. The Hall–Kier alpha value is -3.52. The van der Waals surface area contributed by atoms with E-state index in [9.17, 15) is 10.1 Å². The molecule has 1 heterocycles. The Morgan fingerprint density at radius 2 is 1.40 bits per heavy atom. The molecular formula is C20H16N2O3. The van der Waals surface area contributed by atoms with E-state index in [1.54, 1.807) is 20.3 Å². The van der Waals surface area contributed by atoms with Gasteiger partial charge in [0.1, 0.15) is 23.1 Å². The molecule has 3 aromatic rings. The number of ether oxygens (including phenoxy) is 2. The predicted molar refractivity (Wildman–Crippen MR) is 95.8 cm³/mol. The van der Waals surface area contributed by atoms with E-state index < -0.39 is 5.56 Å². The number of pyridine rings is 1. The summed E-state index contributed by atoms with van der Waals surface area (Å²) in [6, 6.07) is 18.4. The normalized spacial score (nSPS) is 10.1. The van der Waals surface area contributed by atoms with Crippen LogP contribution in [0.2, 0.25) is 0 Å². The van der Waals surface area contributed by atoms with Crippen LogP contribution in [0.5, 0.6) is 11.5 Å². The first-order valence-electron chi connectivity index (χ1n) is 7.62. The molecule has 124 valence electrons. The Balaban J connectivity index is 2.20. The van der Waals surface area contributed by atoms with Crippen LogP contribution >= 0.6 is 0 Å². The number of nitriles is 1. The largest absolute Gasteiger partial charge is 0.497 e. The Morgan fingerprint density at radius 3 is 1.88 bits per heavy atom. The molecule has 0 saturated heterocycles. The molecule has 0 radical (unpaired) electrons. The van der Waals surface area contributed by atoms with Crippen LogP contribution in [-0.4, -0.2) is 19.2 Å². The van der Waals surface area contributed by atoms with Gasteiger partial charge in [-0.25, -0.2) is 0 Å². The molecule has 3 rings (SSSR count). The second-order valence-electron chi connectivity index (χ2n) is 5.37. The molecule has 5 heteroatoms. The summed E-state index contributed by atoms with van der Waals surface area (Å²) in [6.45, 7) is 0. The first kappa shape index (κ1) is 16.3. The summed E-state index contributed by atoms with van der Waals surface area (Å²) < 4.78 is 10.4. The van der Waals surface area contributed by atoms with Crippen molar-refractivity contribution in [3.63, 3.8) is 0 Å². The third-order valence-corrected chi connectivity index (χ3v) is 3.94. The molecule has 0 spiro atoms. The first-order chi connectivity index (χ1) is 12.2. The maximum atomic E-state index is 12.1. The monoisotopic (exact) mass is 332 g/mol. The van der Waals surface area contributed by atoms with Gasteiger partial charge in [-0.3, -0.25) is 4.79 Å². The van der Waals surface area contributed by atoms with Gasteiger partial charge in [-0.2, -0.15) is 5.26 Å². The molecule has 0 aliphatic carbocycles. The van der Waals surface area contributed by atoms with Gasteiger partial charge in [0.2, 0.25) is 0 Å².